The van der Waals surface area contributed by atoms with Crippen LogP contribution in [0.15, 0.2) is 12.3 Å². The molecule has 22 heavy (non-hydrogen) atoms. The van der Waals surface area contributed by atoms with E-state index in [9.17, 15) is 14.8 Å². The monoisotopic (exact) mass is 309 g/mol. The molecular formula is C14H23N5O3. The number of amides is 2. The molecule has 122 valence electrons. The maximum atomic E-state index is 12.2. The molecule has 8 heteroatoms. The van der Waals surface area contributed by atoms with Gasteiger partial charge in [-0.15, -0.1) is 0 Å². The van der Waals surface area contributed by atoms with E-state index < -0.39 is 5.92 Å². The molecule has 0 fully saturated rings. The van der Waals surface area contributed by atoms with Crippen molar-refractivity contribution in [2.75, 3.05) is 12.0 Å². The fourth-order valence-electron chi connectivity index (χ4n) is 1.94. The topological polar surface area (TPSA) is 107 Å². The molecule has 1 heterocycles. The minimum atomic E-state index is -0.501. The van der Waals surface area contributed by atoms with E-state index >= 15 is 0 Å². The first kappa shape index (κ1) is 17.8. The van der Waals surface area contributed by atoms with Gasteiger partial charge in [0.2, 0.25) is 18.3 Å². The van der Waals surface area contributed by atoms with Gasteiger partial charge in [0.25, 0.3) is 0 Å². The van der Waals surface area contributed by atoms with Crippen molar-refractivity contribution in [3.8, 4) is 0 Å². The van der Waals surface area contributed by atoms with Crippen molar-refractivity contribution < 1.29 is 14.8 Å². The van der Waals surface area contributed by atoms with Crippen LogP contribution in [0.4, 0.5) is 5.95 Å². The van der Waals surface area contributed by atoms with E-state index in [1.165, 1.54) is 0 Å². The number of nitrogens with one attached hydrogen (secondary N) is 2. The summed E-state index contributed by atoms with van der Waals surface area (Å²) in [6.07, 6.45) is 5.32. The summed E-state index contributed by atoms with van der Waals surface area (Å²) in [5.41, 5.74) is 5.92. The Hall–Kier alpha value is -2.22. The normalized spacial score (nSPS) is 11.6. The van der Waals surface area contributed by atoms with Crippen LogP contribution in [0, 0.1) is 12.8 Å². The van der Waals surface area contributed by atoms with Gasteiger partial charge in [0.05, 0.1) is 12.5 Å². The highest BCUT2D eigenvalue weighted by Gasteiger charge is 2.20. The number of hydroxylamine groups is 2. The van der Waals surface area contributed by atoms with Crippen molar-refractivity contribution in [2.24, 2.45) is 5.92 Å². The number of hydrogen-bond donors (Lipinski definition) is 3. The highest BCUT2D eigenvalue weighted by molar-refractivity contribution is 5.80. The number of unbranched alkanes of at least 4 members (excludes halogenated alkanes) is 2. The fourth-order valence-corrected chi connectivity index (χ4v) is 1.94. The number of rotatable bonds is 10. The van der Waals surface area contributed by atoms with Crippen LogP contribution in [0.5, 0.6) is 0 Å². The van der Waals surface area contributed by atoms with E-state index in [0.717, 1.165) is 25.0 Å². The lowest BCUT2D eigenvalue weighted by atomic mass is 10.0. The van der Waals surface area contributed by atoms with Crippen molar-refractivity contribution in [3.63, 3.8) is 0 Å². The second-order valence-corrected chi connectivity index (χ2v) is 5.06. The largest absolute Gasteiger partial charge is 0.286 e. The van der Waals surface area contributed by atoms with Crippen molar-refractivity contribution in [1.82, 2.24) is 20.5 Å². The lowest BCUT2D eigenvalue weighted by Gasteiger charge is -2.19. The predicted molar refractivity (Wildman–Crippen MR) is 80.7 cm³/mol. The molecule has 0 saturated carbocycles. The van der Waals surface area contributed by atoms with Crippen LogP contribution in [0.2, 0.25) is 0 Å². The van der Waals surface area contributed by atoms with E-state index in [1.807, 2.05) is 6.92 Å². The van der Waals surface area contributed by atoms with E-state index in [-0.39, 0.29) is 24.8 Å². The molecule has 0 aliphatic heterocycles. The Bertz CT molecular complexity index is 483. The van der Waals surface area contributed by atoms with Crippen LogP contribution >= 0.6 is 0 Å². The first-order valence-electron chi connectivity index (χ1n) is 7.33. The Morgan fingerprint density at radius 2 is 2.27 bits per heavy atom. The van der Waals surface area contributed by atoms with Crippen LogP contribution in [0.3, 0.4) is 0 Å². The molecule has 0 aliphatic carbocycles. The van der Waals surface area contributed by atoms with Gasteiger partial charge < -0.3 is 0 Å². The summed E-state index contributed by atoms with van der Waals surface area (Å²) in [6.45, 7) is 3.83. The maximum absolute atomic E-state index is 12.2. The molecule has 1 atom stereocenters. The number of aryl methyl sites for hydroxylation is 1. The fraction of sp³-hybridized carbons (Fsp3) is 0.571. The third kappa shape index (κ3) is 6.49. The summed E-state index contributed by atoms with van der Waals surface area (Å²) in [5.74, 6) is -0.530. The van der Waals surface area contributed by atoms with E-state index in [2.05, 4.69) is 27.7 Å². The lowest BCUT2D eigenvalue weighted by molar-refractivity contribution is -0.154. The zero-order valence-electron chi connectivity index (χ0n) is 13.0. The van der Waals surface area contributed by atoms with E-state index in [1.54, 1.807) is 12.3 Å². The Morgan fingerprint density at radius 1 is 1.50 bits per heavy atom. The molecule has 0 bridgehead atoms. The number of anilines is 1. The molecule has 2 amide bonds. The first-order chi connectivity index (χ1) is 10.6. The van der Waals surface area contributed by atoms with Gasteiger partial charge in [-0.05, 0) is 19.4 Å². The summed E-state index contributed by atoms with van der Waals surface area (Å²) < 4.78 is 0. The zero-order valence-corrected chi connectivity index (χ0v) is 13.0. The second kappa shape index (κ2) is 9.67. The molecule has 0 saturated heterocycles. The molecule has 0 aliphatic rings. The molecule has 0 aromatic carbocycles. The van der Waals surface area contributed by atoms with Crippen molar-refractivity contribution >= 4 is 18.3 Å². The minimum absolute atomic E-state index is 0.0462. The number of nitrogens with zero attached hydrogens (tertiary/aromatic N) is 3. The number of carbonyl (C=O) groups is 2. The standard InChI is InChI=1S/C14H23N5O3/c1-3-4-5-6-12(9-19(22)10-20)13(21)17-18-14-15-8-7-11(2)16-14/h7-8,10,12,22H,3-6,9H2,1-2H3,(H,17,21)(H,15,16,18)/t12-/m1/s1. The molecular weight excluding hydrogens is 286 g/mol. The van der Waals surface area contributed by atoms with Gasteiger partial charge in [0.1, 0.15) is 0 Å². The first-order valence-corrected chi connectivity index (χ1v) is 7.33. The van der Waals surface area contributed by atoms with Crippen molar-refractivity contribution in [1.29, 1.82) is 0 Å². The lowest BCUT2D eigenvalue weighted by Crippen LogP contribution is -2.40. The molecule has 1 aromatic rings. The third-order valence-corrected chi connectivity index (χ3v) is 3.15. The Morgan fingerprint density at radius 3 is 2.91 bits per heavy atom. The Kier molecular flexibility index (Phi) is 7.84. The summed E-state index contributed by atoms with van der Waals surface area (Å²) in [5, 5.41) is 9.78. The molecule has 0 radical (unpaired) electrons. The number of hydrogen-bond acceptors (Lipinski definition) is 6. The molecule has 1 rings (SSSR count). The summed E-state index contributed by atoms with van der Waals surface area (Å²) in [4.78, 5) is 30.8. The van der Waals surface area contributed by atoms with Gasteiger partial charge in [0, 0.05) is 11.9 Å². The van der Waals surface area contributed by atoms with E-state index in [0.29, 0.717) is 11.5 Å². The number of carbonyl (C=O) groups excluding carboxylic acids is 2. The average Bonchev–Trinajstić information content (AvgIpc) is 2.51. The summed E-state index contributed by atoms with van der Waals surface area (Å²) in [7, 11) is 0. The second-order valence-electron chi connectivity index (χ2n) is 5.06. The molecule has 0 spiro atoms. The summed E-state index contributed by atoms with van der Waals surface area (Å²) in [6, 6.07) is 1.74. The van der Waals surface area contributed by atoms with Gasteiger partial charge in [-0.2, -0.15) is 0 Å². The van der Waals surface area contributed by atoms with Gasteiger partial charge in [0.15, 0.2) is 0 Å². The highest BCUT2D eigenvalue weighted by atomic mass is 16.5. The SMILES string of the molecule is CCCCC[C@H](CN(O)C=O)C(=O)NNc1nccc(C)n1. The van der Waals surface area contributed by atoms with Gasteiger partial charge >= 0.3 is 0 Å². The molecule has 3 N–H and O–H groups in total. The summed E-state index contributed by atoms with van der Waals surface area (Å²) >= 11 is 0. The van der Waals surface area contributed by atoms with Crippen LogP contribution in [0.25, 0.3) is 0 Å². The minimum Gasteiger partial charge on any atom is -0.286 e. The third-order valence-electron chi connectivity index (χ3n) is 3.15. The zero-order chi connectivity index (χ0) is 16.4. The quantitative estimate of drug-likeness (QED) is 0.260. The Labute approximate surface area is 129 Å². The smallest absolute Gasteiger partial charge is 0.243 e. The average molecular weight is 309 g/mol. The van der Waals surface area contributed by atoms with Crippen LogP contribution in [0.1, 0.15) is 38.3 Å². The van der Waals surface area contributed by atoms with E-state index in [4.69, 9.17) is 0 Å². The molecule has 1 aromatic heterocycles. The molecule has 0 unspecified atom stereocenters. The van der Waals surface area contributed by atoms with Crippen LogP contribution in [-0.4, -0.2) is 39.1 Å². The maximum Gasteiger partial charge on any atom is 0.243 e. The highest BCUT2D eigenvalue weighted by Crippen LogP contribution is 2.11. The van der Waals surface area contributed by atoms with Crippen LogP contribution in [-0.2, 0) is 9.59 Å². The predicted octanol–water partition coefficient (Wildman–Crippen LogP) is 1.27. The number of hydrazine groups is 1. The van der Waals surface area contributed by atoms with Gasteiger partial charge in [-0.3, -0.25) is 25.6 Å². The Balaban J connectivity index is 2.55. The van der Waals surface area contributed by atoms with Crippen molar-refractivity contribution in [2.45, 2.75) is 39.5 Å². The van der Waals surface area contributed by atoms with Gasteiger partial charge in [-0.25, -0.2) is 15.0 Å². The number of aromatic nitrogens is 2. The van der Waals surface area contributed by atoms with Crippen molar-refractivity contribution in [3.05, 3.63) is 18.0 Å². The molecule has 8 nitrogen and oxygen atoms in total. The van der Waals surface area contributed by atoms with Crippen LogP contribution < -0.4 is 10.9 Å². The van der Waals surface area contributed by atoms with Gasteiger partial charge in [-0.1, -0.05) is 26.2 Å².